The zero-order valence-electron chi connectivity index (χ0n) is 30.9. The van der Waals surface area contributed by atoms with Gasteiger partial charge in [-0.1, -0.05) is 24.3 Å². The molecule has 0 saturated heterocycles. The first-order chi connectivity index (χ1) is 27.5. The molecular formula is C44H36O13. The highest BCUT2D eigenvalue weighted by Crippen LogP contribution is 2.26. The Kier molecular flexibility index (Phi) is 14.0. The maximum Gasteiger partial charge on any atom is 0.513 e. The largest absolute Gasteiger partial charge is 0.513 e. The number of esters is 5. The fourth-order valence-electron chi connectivity index (χ4n) is 4.84. The van der Waals surface area contributed by atoms with Crippen LogP contribution >= 0.6 is 0 Å². The average Bonchev–Trinajstić information content (AvgIpc) is 3.21. The summed E-state index contributed by atoms with van der Waals surface area (Å²) in [7, 11) is 0. The Morgan fingerprint density at radius 3 is 1.32 bits per heavy atom. The van der Waals surface area contributed by atoms with Crippen molar-refractivity contribution in [3.8, 4) is 28.7 Å². The van der Waals surface area contributed by atoms with E-state index in [0.29, 0.717) is 24.0 Å². The van der Waals surface area contributed by atoms with Crippen molar-refractivity contribution in [1.29, 1.82) is 0 Å². The third-order valence-electron chi connectivity index (χ3n) is 7.91. The molecule has 290 valence electrons. The van der Waals surface area contributed by atoms with Gasteiger partial charge in [0, 0.05) is 6.08 Å². The van der Waals surface area contributed by atoms with Crippen LogP contribution in [0.25, 0.3) is 0 Å². The fraction of sp³-hybridized carbons (Fsp3) is 0.136. The lowest BCUT2D eigenvalue weighted by atomic mass is 10.1. The first-order valence-electron chi connectivity index (χ1n) is 17.5. The minimum atomic E-state index is -0.930. The zero-order valence-corrected chi connectivity index (χ0v) is 30.9. The normalized spacial score (nSPS) is 10.4. The Labute approximate surface area is 327 Å². The molecule has 0 amide bonds. The van der Waals surface area contributed by atoms with E-state index in [0.717, 1.165) is 11.6 Å². The van der Waals surface area contributed by atoms with Crippen LogP contribution < -0.4 is 23.7 Å². The summed E-state index contributed by atoms with van der Waals surface area (Å²) in [5.74, 6) is -2.02. The van der Waals surface area contributed by atoms with Gasteiger partial charge in [0.15, 0.2) is 0 Å². The van der Waals surface area contributed by atoms with Crippen LogP contribution in [0.2, 0.25) is 0 Å². The van der Waals surface area contributed by atoms with Gasteiger partial charge in [0.1, 0.15) is 28.7 Å². The molecule has 0 aliphatic heterocycles. The van der Waals surface area contributed by atoms with Crippen molar-refractivity contribution in [2.75, 3.05) is 13.2 Å². The number of ether oxygens (including phenoxy) is 7. The van der Waals surface area contributed by atoms with E-state index in [1.54, 1.807) is 19.1 Å². The van der Waals surface area contributed by atoms with E-state index >= 15 is 0 Å². The molecule has 0 saturated carbocycles. The molecule has 0 unspecified atom stereocenters. The number of hydrogen-bond donors (Lipinski definition) is 0. The molecule has 57 heavy (non-hydrogen) atoms. The lowest BCUT2D eigenvalue weighted by molar-refractivity contribution is -0.137. The third-order valence-corrected chi connectivity index (χ3v) is 7.91. The summed E-state index contributed by atoms with van der Waals surface area (Å²) in [6.07, 6.45) is 1.08. The molecule has 0 bridgehead atoms. The first kappa shape index (κ1) is 40.6. The molecule has 0 heterocycles. The topological polar surface area (TPSA) is 167 Å². The molecule has 13 heteroatoms. The van der Waals surface area contributed by atoms with Gasteiger partial charge >= 0.3 is 36.0 Å². The lowest BCUT2D eigenvalue weighted by Gasteiger charge is -2.11. The Hall–Kier alpha value is -7.54. The molecular weight excluding hydrogens is 736 g/mol. The molecule has 0 aliphatic rings. The Morgan fingerprint density at radius 2 is 0.860 bits per heavy atom. The van der Waals surface area contributed by atoms with Gasteiger partial charge in [0.25, 0.3) is 0 Å². The minimum absolute atomic E-state index is 0.0638. The van der Waals surface area contributed by atoms with E-state index in [4.69, 9.17) is 33.2 Å². The molecule has 13 nitrogen and oxygen atoms in total. The smallest absolute Gasteiger partial charge is 0.463 e. The van der Waals surface area contributed by atoms with Crippen LogP contribution in [0.1, 0.15) is 65.4 Å². The van der Waals surface area contributed by atoms with Crippen molar-refractivity contribution in [3.63, 3.8) is 0 Å². The number of unbranched alkanes of at least 4 members (excludes halogenated alkanes) is 1. The standard InChI is InChI=1S/C44H36O13/c1-4-39(45)51-25-5-6-26-52-44(50)56-36-21-15-31(16-22-36)41(47)54-34-17-11-32(12-18-34)42(48)55-37-23-24-38(29(3)27-37)57-43(49)33-13-19-35(20-14-33)53-40(46)30-9-7-28(2)8-10-30/h4,7-24,27H,1,5-6,25-26H2,2-3H3. The molecule has 5 aromatic rings. The van der Waals surface area contributed by atoms with Crippen molar-refractivity contribution in [3.05, 3.63) is 161 Å². The quantitative estimate of drug-likeness (QED) is 0.0329. The first-order valence-corrected chi connectivity index (χ1v) is 17.5. The predicted molar refractivity (Wildman–Crippen MR) is 204 cm³/mol. The van der Waals surface area contributed by atoms with E-state index in [9.17, 15) is 28.8 Å². The van der Waals surface area contributed by atoms with E-state index < -0.39 is 36.0 Å². The predicted octanol–water partition coefficient (Wildman–Crippen LogP) is 8.21. The number of rotatable bonds is 15. The summed E-state index contributed by atoms with van der Waals surface area (Å²) < 4.78 is 36.7. The van der Waals surface area contributed by atoms with Crippen LogP contribution in [0.3, 0.4) is 0 Å². The zero-order chi connectivity index (χ0) is 40.7. The Bertz CT molecular complexity index is 2240. The van der Waals surface area contributed by atoms with E-state index in [2.05, 4.69) is 6.58 Å². The van der Waals surface area contributed by atoms with Crippen molar-refractivity contribution in [1.82, 2.24) is 0 Å². The average molecular weight is 773 g/mol. The van der Waals surface area contributed by atoms with Crippen molar-refractivity contribution >= 4 is 36.0 Å². The van der Waals surface area contributed by atoms with Gasteiger partial charge in [-0.05, 0) is 135 Å². The molecule has 5 aromatic carbocycles. The summed E-state index contributed by atoms with van der Waals surface area (Å²) in [4.78, 5) is 73.6. The van der Waals surface area contributed by atoms with Gasteiger partial charge in [-0.2, -0.15) is 0 Å². The van der Waals surface area contributed by atoms with E-state index in [1.807, 2.05) is 19.1 Å². The summed E-state index contributed by atoms with van der Waals surface area (Å²) >= 11 is 0. The molecule has 0 N–H and O–H groups in total. The van der Waals surface area contributed by atoms with Gasteiger partial charge in [-0.15, -0.1) is 0 Å². The second-order valence-corrected chi connectivity index (χ2v) is 12.2. The summed E-state index contributed by atoms with van der Waals surface area (Å²) in [6.45, 7) is 7.14. The summed E-state index contributed by atoms with van der Waals surface area (Å²) in [5.41, 5.74) is 2.53. The number of aryl methyl sites for hydroxylation is 2. The highest BCUT2D eigenvalue weighted by molar-refractivity contribution is 5.94. The monoisotopic (exact) mass is 772 g/mol. The lowest BCUT2D eigenvalue weighted by Crippen LogP contribution is -2.13. The van der Waals surface area contributed by atoms with Crippen LogP contribution in [0.4, 0.5) is 4.79 Å². The molecule has 0 aromatic heterocycles. The minimum Gasteiger partial charge on any atom is -0.463 e. The Balaban J connectivity index is 1.05. The second-order valence-electron chi connectivity index (χ2n) is 12.2. The summed E-state index contributed by atoms with van der Waals surface area (Å²) in [5, 5.41) is 0. The molecule has 0 atom stereocenters. The van der Waals surface area contributed by atoms with Crippen LogP contribution in [0, 0.1) is 13.8 Å². The van der Waals surface area contributed by atoms with Crippen molar-refractivity contribution in [2.24, 2.45) is 0 Å². The molecule has 0 aliphatic carbocycles. The third kappa shape index (κ3) is 12.2. The van der Waals surface area contributed by atoms with Crippen LogP contribution in [0.15, 0.2) is 128 Å². The number of hydrogen-bond acceptors (Lipinski definition) is 13. The highest BCUT2D eigenvalue weighted by Gasteiger charge is 2.16. The molecule has 5 rings (SSSR count). The van der Waals surface area contributed by atoms with E-state index in [-0.39, 0.29) is 58.7 Å². The highest BCUT2D eigenvalue weighted by atomic mass is 16.7. The maximum absolute atomic E-state index is 12.8. The SMILES string of the molecule is C=CC(=O)OCCCCOC(=O)Oc1ccc(C(=O)Oc2ccc(C(=O)Oc3ccc(OC(=O)c4ccc(OC(=O)c5ccc(C)cc5)cc4)c(C)c3)cc2)cc1. The molecule has 0 radical (unpaired) electrons. The molecule has 0 spiro atoms. The van der Waals surface area contributed by atoms with E-state index in [1.165, 1.54) is 91.0 Å². The van der Waals surface area contributed by atoms with Crippen LogP contribution in [-0.2, 0) is 14.3 Å². The van der Waals surface area contributed by atoms with Crippen LogP contribution in [-0.4, -0.2) is 49.2 Å². The number of carbonyl (C=O) groups is 6. The summed E-state index contributed by atoms with van der Waals surface area (Å²) in [6, 6.07) is 28.8. The van der Waals surface area contributed by atoms with Gasteiger partial charge in [-0.3, -0.25) is 0 Å². The van der Waals surface area contributed by atoms with Gasteiger partial charge in [-0.25, -0.2) is 28.8 Å². The van der Waals surface area contributed by atoms with Gasteiger partial charge in [0.2, 0.25) is 0 Å². The number of benzene rings is 5. The van der Waals surface area contributed by atoms with Crippen LogP contribution in [0.5, 0.6) is 28.7 Å². The molecule has 0 fully saturated rings. The van der Waals surface area contributed by atoms with Crippen molar-refractivity contribution in [2.45, 2.75) is 26.7 Å². The number of carbonyl (C=O) groups excluding carboxylic acids is 6. The fourth-order valence-corrected chi connectivity index (χ4v) is 4.84. The second kappa shape index (κ2) is 19.7. The maximum atomic E-state index is 12.8. The van der Waals surface area contributed by atoms with Crippen molar-refractivity contribution < 1.29 is 61.9 Å². The van der Waals surface area contributed by atoms with Gasteiger partial charge in [0.05, 0.1) is 35.5 Å². The Morgan fingerprint density at radius 1 is 0.474 bits per heavy atom. The van der Waals surface area contributed by atoms with Gasteiger partial charge < -0.3 is 33.2 Å².